The molecule has 0 amide bonds. The lowest BCUT2D eigenvalue weighted by Crippen LogP contribution is -1.96. The molecule has 0 radical (unpaired) electrons. The van der Waals surface area contributed by atoms with Crippen LogP contribution in [0.4, 0.5) is 0 Å². The highest BCUT2D eigenvalue weighted by Gasteiger charge is 2.07. The quantitative estimate of drug-likeness (QED) is 0.643. The number of aromatic nitrogens is 3. The molecule has 0 saturated carbocycles. The number of aryl methyl sites for hydroxylation is 1. The first-order valence-corrected chi connectivity index (χ1v) is 7.12. The molecule has 0 bridgehead atoms. The minimum Gasteiger partial charge on any atom is -0.279 e. The molecule has 0 aliphatic heterocycles. The van der Waals surface area contributed by atoms with Gasteiger partial charge in [-0.15, -0.1) is 10.2 Å². The number of hydrogen-bond acceptors (Lipinski definition) is 2. The van der Waals surface area contributed by atoms with Crippen LogP contribution in [0.15, 0.2) is 36.4 Å². The molecule has 19 heavy (non-hydrogen) atoms. The second-order valence-corrected chi connectivity index (χ2v) is 5.01. The van der Waals surface area contributed by atoms with E-state index >= 15 is 0 Å². The Morgan fingerprint density at radius 2 is 1.84 bits per heavy atom. The summed E-state index contributed by atoms with van der Waals surface area (Å²) in [4.78, 5) is 0. The topological polar surface area (TPSA) is 30.2 Å². The van der Waals surface area contributed by atoms with Crippen molar-refractivity contribution in [2.45, 2.75) is 39.0 Å². The third-order valence-corrected chi connectivity index (χ3v) is 3.60. The van der Waals surface area contributed by atoms with E-state index in [0.29, 0.717) is 0 Å². The minimum atomic E-state index is 0.948. The molecular formula is C16H19N3. The van der Waals surface area contributed by atoms with Gasteiger partial charge in [0, 0.05) is 6.42 Å². The fourth-order valence-corrected chi connectivity index (χ4v) is 2.57. The number of hydrogen-bond donors (Lipinski definition) is 0. The summed E-state index contributed by atoms with van der Waals surface area (Å²) < 4.78 is 2.20. The average Bonchev–Trinajstić information content (AvgIpc) is 2.87. The molecule has 0 aliphatic rings. The Hall–Kier alpha value is -1.90. The molecule has 0 aliphatic carbocycles. The summed E-state index contributed by atoms with van der Waals surface area (Å²) in [6.07, 6.45) is 6.05. The second kappa shape index (κ2) is 5.39. The summed E-state index contributed by atoms with van der Waals surface area (Å²) in [5.74, 6) is 1.09. The van der Waals surface area contributed by atoms with Crippen LogP contribution >= 0.6 is 0 Å². The van der Waals surface area contributed by atoms with E-state index in [4.69, 9.17) is 0 Å². The molecule has 0 saturated heterocycles. The van der Waals surface area contributed by atoms with E-state index in [-0.39, 0.29) is 0 Å². The SMILES string of the molecule is CCCCCCc1nnc2ccc3ccccc3n12. The van der Waals surface area contributed by atoms with E-state index in [2.05, 4.69) is 51.9 Å². The maximum absolute atomic E-state index is 4.36. The lowest BCUT2D eigenvalue weighted by atomic mass is 10.1. The number of pyridine rings is 1. The van der Waals surface area contributed by atoms with Crippen LogP contribution in [-0.2, 0) is 6.42 Å². The highest BCUT2D eigenvalue weighted by molar-refractivity contribution is 5.81. The Morgan fingerprint density at radius 3 is 2.74 bits per heavy atom. The maximum atomic E-state index is 4.36. The molecule has 3 aromatic rings. The fourth-order valence-electron chi connectivity index (χ4n) is 2.57. The summed E-state index contributed by atoms with van der Waals surface area (Å²) in [6.45, 7) is 2.24. The van der Waals surface area contributed by atoms with Gasteiger partial charge in [-0.25, -0.2) is 0 Å². The van der Waals surface area contributed by atoms with Gasteiger partial charge >= 0.3 is 0 Å². The van der Waals surface area contributed by atoms with Gasteiger partial charge in [-0.2, -0.15) is 0 Å². The highest BCUT2D eigenvalue weighted by atomic mass is 15.2. The molecule has 0 spiro atoms. The number of nitrogens with zero attached hydrogens (tertiary/aromatic N) is 3. The summed E-state index contributed by atoms with van der Waals surface area (Å²) in [7, 11) is 0. The molecule has 2 aromatic heterocycles. The number of fused-ring (bicyclic) bond motifs is 3. The van der Waals surface area contributed by atoms with Crippen molar-refractivity contribution in [1.82, 2.24) is 14.6 Å². The van der Waals surface area contributed by atoms with Crippen molar-refractivity contribution in [1.29, 1.82) is 0 Å². The predicted molar refractivity (Wildman–Crippen MR) is 78.3 cm³/mol. The lowest BCUT2D eigenvalue weighted by Gasteiger charge is -2.04. The molecule has 98 valence electrons. The summed E-state index contributed by atoms with van der Waals surface area (Å²) >= 11 is 0. The van der Waals surface area contributed by atoms with Crippen molar-refractivity contribution >= 4 is 16.6 Å². The van der Waals surface area contributed by atoms with Gasteiger partial charge in [-0.1, -0.05) is 44.4 Å². The Bertz CT molecular complexity index is 685. The zero-order valence-corrected chi connectivity index (χ0v) is 11.3. The first kappa shape index (κ1) is 12.2. The smallest absolute Gasteiger partial charge is 0.161 e. The van der Waals surface area contributed by atoms with Gasteiger partial charge in [0.25, 0.3) is 0 Å². The third kappa shape index (κ3) is 2.33. The van der Waals surface area contributed by atoms with Crippen LogP contribution in [-0.4, -0.2) is 14.6 Å². The van der Waals surface area contributed by atoms with E-state index in [0.717, 1.165) is 17.9 Å². The first-order chi connectivity index (χ1) is 9.40. The van der Waals surface area contributed by atoms with Crippen molar-refractivity contribution in [2.75, 3.05) is 0 Å². The van der Waals surface area contributed by atoms with E-state index in [1.54, 1.807) is 0 Å². The van der Waals surface area contributed by atoms with Crippen LogP contribution in [0.1, 0.15) is 38.4 Å². The van der Waals surface area contributed by atoms with Crippen molar-refractivity contribution in [3.63, 3.8) is 0 Å². The van der Waals surface area contributed by atoms with Gasteiger partial charge in [-0.3, -0.25) is 4.40 Å². The molecule has 0 atom stereocenters. The molecule has 0 fully saturated rings. The Balaban J connectivity index is 1.98. The Labute approximate surface area is 113 Å². The lowest BCUT2D eigenvalue weighted by molar-refractivity contribution is 0.650. The average molecular weight is 253 g/mol. The summed E-state index contributed by atoms with van der Waals surface area (Å²) in [5.41, 5.74) is 2.15. The monoisotopic (exact) mass is 253 g/mol. The number of para-hydroxylation sites is 1. The van der Waals surface area contributed by atoms with Crippen LogP contribution in [0, 0.1) is 0 Å². The molecule has 0 N–H and O–H groups in total. The molecule has 3 rings (SSSR count). The van der Waals surface area contributed by atoms with Crippen LogP contribution in [0.2, 0.25) is 0 Å². The Morgan fingerprint density at radius 1 is 0.947 bits per heavy atom. The standard InChI is InChI=1S/C16H19N3/c1-2-3-4-5-10-15-17-18-16-12-11-13-8-6-7-9-14(13)19(15)16/h6-9,11-12H,2-5,10H2,1H3. The van der Waals surface area contributed by atoms with E-state index in [1.807, 2.05) is 6.07 Å². The fraction of sp³-hybridized carbons (Fsp3) is 0.375. The molecular weight excluding hydrogens is 234 g/mol. The van der Waals surface area contributed by atoms with Gasteiger partial charge < -0.3 is 0 Å². The van der Waals surface area contributed by atoms with Crippen molar-refractivity contribution in [3.05, 3.63) is 42.2 Å². The predicted octanol–water partition coefficient (Wildman–Crippen LogP) is 4.01. The summed E-state index contributed by atoms with van der Waals surface area (Å²) in [6, 6.07) is 12.6. The number of benzene rings is 1. The maximum Gasteiger partial charge on any atom is 0.161 e. The van der Waals surface area contributed by atoms with Gasteiger partial charge in [0.1, 0.15) is 5.82 Å². The Kier molecular flexibility index (Phi) is 3.45. The van der Waals surface area contributed by atoms with Crippen molar-refractivity contribution in [3.8, 4) is 0 Å². The normalized spacial score (nSPS) is 11.4. The number of rotatable bonds is 5. The van der Waals surface area contributed by atoms with E-state index in [9.17, 15) is 0 Å². The van der Waals surface area contributed by atoms with Crippen molar-refractivity contribution in [2.24, 2.45) is 0 Å². The zero-order chi connectivity index (χ0) is 13.1. The molecule has 3 nitrogen and oxygen atoms in total. The molecule has 1 aromatic carbocycles. The second-order valence-electron chi connectivity index (χ2n) is 5.01. The zero-order valence-electron chi connectivity index (χ0n) is 11.3. The van der Waals surface area contributed by atoms with Gasteiger partial charge in [-0.05, 0) is 30.0 Å². The first-order valence-electron chi connectivity index (χ1n) is 7.12. The van der Waals surface area contributed by atoms with Crippen LogP contribution < -0.4 is 0 Å². The van der Waals surface area contributed by atoms with Crippen LogP contribution in [0.5, 0.6) is 0 Å². The van der Waals surface area contributed by atoms with Crippen LogP contribution in [0.3, 0.4) is 0 Å². The third-order valence-electron chi connectivity index (χ3n) is 3.60. The van der Waals surface area contributed by atoms with Gasteiger partial charge in [0.15, 0.2) is 5.65 Å². The van der Waals surface area contributed by atoms with Gasteiger partial charge in [0.2, 0.25) is 0 Å². The van der Waals surface area contributed by atoms with E-state index in [1.165, 1.54) is 36.6 Å². The molecule has 3 heteroatoms. The van der Waals surface area contributed by atoms with Crippen molar-refractivity contribution < 1.29 is 0 Å². The van der Waals surface area contributed by atoms with Gasteiger partial charge in [0.05, 0.1) is 5.52 Å². The molecule has 0 unspecified atom stereocenters. The van der Waals surface area contributed by atoms with E-state index < -0.39 is 0 Å². The number of unbranched alkanes of at least 4 members (excludes halogenated alkanes) is 3. The largest absolute Gasteiger partial charge is 0.279 e. The minimum absolute atomic E-state index is 0.948. The van der Waals surface area contributed by atoms with Crippen LogP contribution in [0.25, 0.3) is 16.6 Å². The molecule has 2 heterocycles. The summed E-state index contributed by atoms with van der Waals surface area (Å²) in [5, 5.41) is 9.88. The highest BCUT2D eigenvalue weighted by Crippen LogP contribution is 2.18.